The lowest BCUT2D eigenvalue weighted by Crippen LogP contribution is -2.37. The highest BCUT2D eigenvalue weighted by molar-refractivity contribution is 7.13. The van der Waals surface area contributed by atoms with Gasteiger partial charge in [0.1, 0.15) is 5.78 Å². The number of carbonyl (C=O) groups excluding carboxylic acids is 1. The van der Waals surface area contributed by atoms with E-state index in [1.165, 1.54) is 0 Å². The molecule has 1 aliphatic rings. The summed E-state index contributed by atoms with van der Waals surface area (Å²) in [5.41, 5.74) is 0. The zero-order valence-corrected chi connectivity index (χ0v) is 6.94. The van der Waals surface area contributed by atoms with Gasteiger partial charge in [0.25, 0.3) is 0 Å². The molecule has 1 rings (SSSR count). The zero-order valence-electron chi connectivity index (χ0n) is 5.79. The summed E-state index contributed by atoms with van der Waals surface area (Å²) < 4.78 is 1.99. The lowest BCUT2D eigenvalue weighted by Gasteiger charge is -2.26. The topological polar surface area (TPSA) is 40.5 Å². The van der Waals surface area contributed by atoms with Crippen LogP contribution in [0.1, 0.15) is 6.42 Å². The number of piperidine rings is 1. The van der Waals surface area contributed by atoms with Crippen LogP contribution in [0.2, 0.25) is 0 Å². The van der Waals surface area contributed by atoms with Gasteiger partial charge in [-0.2, -0.15) is 0 Å². The molecule has 0 aromatic carbocycles. The van der Waals surface area contributed by atoms with Gasteiger partial charge in [-0.15, -0.1) is 0 Å². The normalized spacial score (nSPS) is 29.0. The number of aliphatic hydroxyl groups excluding tert-OH is 1. The predicted octanol–water partition coefficient (Wildman–Crippen LogP) is -0.340. The Labute approximate surface area is 62.7 Å². The molecule has 3 nitrogen and oxygen atoms in total. The van der Waals surface area contributed by atoms with Crippen LogP contribution in [0.4, 0.5) is 0 Å². The molecule has 2 unspecified atom stereocenters. The molecule has 10 heavy (non-hydrogen) atoms. The molecule has 0 spiro atoms. The van der Waals surface area contributed by atoms with Gasteiger partial charge in [0, 0.05) is 19.5 Å². The maximum absolute atomic E-state index is 11.0. The van der Waals surface area contributed by atoms with E-state index in [2.05, 4.69) is 9.39 Å². The number of Topliss-reactive ketones (excluding diaryl/α,β-unsaturated/α-hetero) is 1. The molecule has 0 aliphatic carbocycles. The van der Waals surface area contributed by atoms with Gasteiger partial charge in [-0.1, -0.05) is 9.39 Å². The molecule has 0 radical (unpaired) electrons. The van der Waals surface area contributed by atoms with E-state index in [1.807, 2.05) is 4.67 Å². The third kappa shape index (κ3) is 1.75. The van der Waals surface area contributed by atoms with E-state index in [0.29, 0.717) is 13.0 Å². The fraction of sp³-hybridized carbons (Fsp3) is 0.833. The Hall–Kier alpha value is 0.0200. The van der Waals surface area contributed by atoms with Crippen molar-refractivity contribution in [2.24, 2.45) is 5.92 Å². The molecule has 0 amide bonds. The summed E-state index contributed by atoms with van der Waals surface area (Å²) >= 11 is 0. The van der Waals surface area contributed by atoms with Crippen molar-refractivity contribution in [2.75, 3.05) is 19.7 Å². The Bertz CT molecular complexity index is 140. The molecule has 1 aliphatic heterocycles. The van der Waals surface area contributed by atoms with Crippen LogP contribution >= 0.6 is 9.39 Å². The maximum atomic E-state index is 11.0. The summed E-state index contributed by atoms with van der Waals surface area (Å²) in [5, 5.41) is 8.72. The molecule has 58 valence electrons. The second kappa shape index (κ2) is 3.42. The first kappa shape index (κ1) is 8.12. The van der Waals surface area contributed by atoms with Crippen molar-refractivity contribution in [1.29, 1.82) is 0 Å². The van der Waals surface area contributed by atoms with Crippen LogP contribution in [-0.2, 0) is 4.79 Å². The molecule has 4 heteroatoms. The van der Waals surface area contributed by atoms with Gasteiger partial charge in [0.15, 0.2) is 0 Å². The van der Waals surface area contributed by atoms with Crippen LogP contribution in [0, 0.1) is 5.92 Å². The summed E-state index contributed by atoms with van der Waals surface area (Å²) in [4.78, 5) is 11.0. The minimum Gasteiger partial charge on any atom is -0.396 e. The second-order valence-electron chi connectivity index (χ2n) is 2.59. The molecule has 1 N–H and O–H groups in total. The average molecular weight is 161 g/mol. The van der Waals surface area contributed by atoms with Gasteiger partial charge in [-0.3, -0.25) is 9.46 Å². The monoisotopic (exact) mass is 161 g/mol. The Balaban J connectivity index is 2.45. The standard InChI is InChI=1S/C6H12NO2P/c8-4-5-3-7(10)2-1-6(5)9/h5,8H,1-4,10H2. The Morgan fingerprint density at radius 3 is 3.00 bits per heavy atom. The van der Waals surface area contributed by atoms with E-state index in [4.69, 9.17) is 5.11 Å². The summed E-state index contributed by atoms with van der Waals surface area (Å²) in [6, 6.07) is 0. The largest absolute Gasteiger partial charge is 0.396 e. The Morgan fingerprint density at radius 2 is 2.50 bits per heavy atom. The predicted molar refractivity (Wildman–Crippen MR) is 41.5 cm³/mol. The quantitative estimate of drug-likeness (QED) is 0.535. The zero-order chi connectivity index (χ0) is 7.56. The molecule has 2 atom stereocenters. The molecule has 1 heterocycles. The Kier molecular flexibility index (Phi) is 2.78. The molecule has 0 aromatic rings. The van der Waals surface area contributed by atoms with Gasteiger partial charge >= 0.3 is 0 Å². The molecule has 0 bridgehead atoms. The summed E-state index contributed by atoms with van der Waals surface area (Å²) in [5.74, 6) is 0.0486. The van der Waals surface area contributed by atoms with E-state index >= 15 is 0 Å². The lowest BCUT2D eigenvalue weighted by atomic mass is 9.99. The molecule has 0 aromatic heterocycles. The van der Waals surface area contributed by atoms with Crippen molar-refractivity contribution in [1.82, 2.24) is 4.67 Å². The van der Waals surface area contributed by atoms with Gasteiger partial charge in [0.2, 0.25) is 0 Å². The van der Waals surface area contributed by atoms with Crippen LogP contribution in [0.25, 0.3) is 0 Å². The van der Waals surface area contributed by atoms with Crippen LogP contribution in [-0.4, -0.2) is 35.3 Å². The van der Waals surface area contributed by atoms with Crippen molar-refractivity contribution in [2.45, 2.75) is 6.42 Å². The van der Waals surface area contributed by atoms with Gasteiger partial charge in [0.05, 0.1) is 12.5 Å². The number of hydrogen-bond acceptors (Lipinski definition) is 3. The van der Waals surface area contributed by atoms with E-state index in [-0.39, 0.29) is 18.3 Å². The van der Waals surface area contributed by atoms with Crippen LogP contribution in [0.3, 0.4) is 0 Å². The fourth-order valence-corrected chi connectivity index (χ4v) is 1.48. The Morgan fingerprint density at radius 1 is 1.80 bits per heavy atom. The third-order valence-corrected chi connectivity index (χ3v) is 2.25. The minimum absolute atomic E-state index is 0.0102. The van der Waals surface area contributed by atoms with Crippen LogP contribution in [0.15, 0.2) is 0 Å². The highest BCUT2D eigenvalue weighted by Crippen LogP contribution is 2.14. The van der Waals surface area contributed by atoms with Crippen molar-refractivity contribution in [3.05, 3.63) is 0 Å². The smallest absolute Gasteiger partial charge is 0.140 e. The number of rotatable bonds is 1. The molecule has 0 saturated carbocycles. The average Bonchev–Trinajstić information content (AvgIpc) is 1.94. The maximum Gasteiger partial charge on any atom is 0.140 e. The number of carbonyl (C=O) groups is 1. The number of nitrogens with zero attached hydrogens (tertiary/aromatic N) is 1. The summed E-state index contributed by atoms with van der Waals surface area (Å²) in [6.07, 6.45) is 0.578. The summed E-state index contributed by atoms with van der Waals surface area (Å²) in [7, 11) is 2.54. The van der Waals surface area contributed by atoms with Gasteiger partial charge < -0.3 is 5.11 Å². The van der Waals surface area contributed by atoms with Crippen LogP contribution in [0.5, 0.6) is 0 Å². The van der Waals surface area contributed by atoms with Crippen molar-refractivity contribution < 1.29 is 9.90 Å². The highest BCUT2D eigenvalue weighted by atomic mass is 31.0. The molecular formula is C6H12NO2P. The number of ketones is 1. The molecule has 1 fully saturated rings. The van der Waals surface area contributed by atoms with Gasteiger partial charge in [-0.25, -0.2) is 0 Å². The van der Waals surface area contributed by atoms with E-state index in [1.54, 1.807) is 0 Å². The first-order valence-corrected chi connectivity index (χ1v) is 3.89. The number of aliphatic hydroxyl groups is 1. The number of hydrogen-bond donors (Lipinski definition) is 1. The third-order valence-electron chi connectivity index (χ3n) is 1.78. The SMILES string of the molecule is O=C1CCN(P)CC1CO. The minimum atomic E-state index is -0.147. The van der Waals surface area contributed by atoms with Crippen molar-refractivity contribution in [3.8, 4) is 0 Å². The molecular weight excluding hydrogens is 149 g/mol. The molecule has 1 saturated heterocycles. The summed E-state index contributed by atoms with van der Waals surface area (Å²) in [6.45, 7) is 1.48. The van der Waals surface area contributed by atoms with E-state index in [9.17, 15) is 4.79 Å². The van der Waals surface area contributed by atoms with E-state index < -0.39 is 0 Å². The van der Waals surface area contributed by atoms with Gasteiger partial charge in [-0.05, 0) is 0 Å². The lowest BCUT2D eigenvalue weighted by molar-refractivity contribution is -0.126. The second-order valence-corrected chi connectivity index (χ2v) is 3.32. The first-order valence-electron chi connectivity index (χ1n) is 3.37. The van der Waals surface area contributed by atoms with E-state index in [0.717, 1.165) is 6.54 Å². The van der Waals surface area contributed by atoms with Crippen LogP contribution < -0.4 is 0 Å². The first-order chi connectivity index (χ1) is 4.74. The van der Waals surface area contributed by atoms with Crippen molar-refractivity contribution >= 4 is 15.2 Å². The fourth-order valence-electron chi connectivity index (χ4n) is 1.09. The highest BCUT2D eigenvalue weighted by Gasteiger charge is 2.23. The van der Waals surface area contributed by atoms with Crippen molar-refractivity contribution in [3.63, 3.8) is 0 Å².